The molecule has 49 heavy (non-hydrogen) atoms. The van der Waals surface area contributed by atoms with Crippen LogP contribution >= 0.6 is 0 Å². The molecule has 0 aliphatic carbocycles. The molecule has 0 spiro atoms. The summed E-state index contributed by atoms with van der Waals surface area (Å²) in [6.45, 7) is 27.9. The molecule has 0 saturated heterocycles. The van der Waals surface area contributed by atoms with E-state index in [9.17, 15) is 0 Å². The van der Waals surface area contributed by atoms with Gasteiger partial charge in [-0.3, -0.25) is 0 Å². The van der Waals surface area contributed by atoms with Crippen molar-refractivity contribution in [2.75, 3.05) is 0 Å². The summed E-state index contributed by atoms with van der Waals surface area (Å²) >= 11 is 1.74. The molecule has 0 bridgehead atoms. The van der Waals surface area contributed by atoms with Crippen LogP contribution in [0.25, 0.3) is 43.8 Å². The quantitative estimate of drug-likeness (QED) is 0.147. The molecule has 0 radical (unpaired) electrons. The fraction of sp³-hybridized carbons (Fsp3) is 0.302. The Morgan fingerprint density at radius 2 is 1.08 bits per heavy atom. The number of aryl methyl sites for hydroxylation is 2. The first-order valence-corrected chi connectivity index (χ1v) is 30.2. The van der Waals surface area contributed by atoms with Gasteiger partial charge in [0.1, 0.15) is 0 Å². The maximum atomic E-state index is 2.40. The Kier molecular flexibility index (Phi) is 16.0. The number of rotatable bonds is 5. The summed E-state index contributed by atoms with van der Waals surface area (Å²) in [7, 11) is -2.44. The molecule has 6 rings (SSSR count). The molecule has 258 valence electrons. The molecule has 6 aromatic rings. The average Bonchev–Trinajstić information content (AvgIpc) is 3.61. The van der Waals surface area contributed by atoms with Crippen LogP contribution in [0, 0.1) is 13.8 Å². The summed E-state index contributed by atoms with van der Waals surface area (Å²) in [4.78, 5) is 0. The van der Waals surface area contributed by atoms with Crippen LogP contribution in [0.15, 0.2) is 103 Å². The van der Waals surface area contributed by atoms with E-state index in [0.717, 1.165) is 0 Å². The van der Waals surface area contributed by atoms with Gasteiger partial charge in [0, 0.05) is 0 Å². The number of hydrogen-bond donors (Lipinski definition) is 0. The number of fused-ring (bicyclic) bond motifs is 2. The number of benzene rings is 4. The van der Waals surface area contributed by atoms with Crippen LogP contribution in [-0.4, -0.2) is 21.6 Å². The molecule has 0 atom stereocenters. The van der Waals surface area contributed by atoms with Crippen molar-refractivity contribution in [3.8, 4) is 22.3 Å². The number of halogens is 2. The van der Waals surface area contributed by atoms with Gasteiger partial charge in [-0.15, -0.1) is 68.6 Å². The predicted octanol–water partition coefficient (Wildman–Crippen LogP) is 6.07. The molecule has 0 saturated carbocycles. The van der Waals surface area contributed by atoms with E-state index in [2.05, 4.69) is 183 Å². The average molecular weight is 817 g/mol. The minimum atomic E-state index is -1.22. The van der Waals surface area contributed by atoms with Gasteiger partial charge in [-0.25, -0.2) is 0 Å². The molecule has 0 unspecified atom stereocenters. The van der Waals surface area contributed by atoms with E-state index < -0.39 is 16.1 Å². The van der Waals surface area contributed by atoms with E-state index in [1.54, 1.807) is 23.3 Å². The summed E-state index contributed by atoms with van der Waals surface area (Å²) < 4.78 is 0. The van der Waals surface area contributed by atoms with Crippen LogP contribution in [0.5, 0.6) is 0 Å². The molecule has 6 heteroatoms. The molecule has 6 aromatic carbocycles. The second-order valence-corrected chi connectivity index (χ2v) is 35.2. The Bertz CT molecular complexity index is 1960. The van der Waals surface area contributed by atoms with Crippen molar-refractivity contribution < 1.29 is 48.1 Å². The summed E-state index contributed by atoms with van der Waals surface area (Å²) in [6, 6.07) is 38.9. The summed E-state index contributed by atoms with van der Waals surface area (Å²) in [5, 5.41) is 8.55. The summed E-state index contributed by atoms with van der Waals surface area (Å²) in [5.74, 6) is 0.578. The Hall–Kier alpha value is -1.79. The van der Waals surface area contributed by atoms with Gasteiger partial charge in [0.05, 0.1) is 16.1 Å². The molecule has 0 N–H and O–H groups in total. The standard InChI is InChI=1S/C21H25Si.C20H23Si.C2H6Si.2ClH.Zr/c1-15(2)18-13-17-7-6-8-20(21(17)14-18)16-9-11-19(12-10-16)22(3,4)5;1-14-12-19-15(2)6-11-18(20(19)13-14)16-7-9-17(10-8-16)21(3,4)5;1-3-2;;;/h6-15H,1-5H3;6-13H,1-5H3;1-2H3;2*1H;/q2*-1;;;;+2/p-2. The zero-order valence-electron chi connectivity index (χ0n) is 31.6. The summed E-state index contributed by atoms with van der Waals surface area (Å²) in [6.07, 6.45) is 0. The van der Waals surface area contributed by atoms with E-state index in [1.807, 2.05) is 0 Å². The Balaban J connectivity index is 0.000000296. The minimum absolute atomic E-state index is 0. The monoisotopic (exact) mass is 814 g/mol. The van der Waals surface area contributed by atoms with Crippen LogP contribution in [0.1, 0.15) is 36.5 Å². The first-order chi connectivity index (χ1) is 22.0. The second kappa shape index (κ2) is 18.1. The van der Waals surface area contributed by atoms with Crippen LogP contribution in [0.2, 0.25) is 52.4 Å². The van der Waals surface area contributed by atoms with Gasteiger partial charge < -0.3 is 24.8 Å². The van der Waals surface area contributed by atoms with Crippen LogP contribution in [0.3, 0.4) is 0 Å². The first-order valence-electron chi connectivity index (χ1n) is 17.1. The Labute approximate surface area is 327 Å². The topological polar surface area (TPSA) is 0 Å². The van der Waals surface area contributed by atoms with Crippen molar-refractivity contribution in [2.45, 2.75) is 86.0 Å². The maximum absolute atomic E-state index is 2.40. The van der Waals surface area contributed by atoms with Crippen molar-refractivity contribution in [1.82, 2.24) is 0 Å². The molecular formula is C43H54Cl2Si3Zr-2. The van der Waals surface area contributed by atoms with Crippen molar-refractivity contribution >= 4 is 53.5 Å². The Morgan fingerprint density at radius 1 is 0.612 bits per heavy atom. The third-order valence-electron chi connectivity index (χ3n) is 8.81. The fourth-order valence-electron chi connectivity index (χ4n) is 5.98. The third kappa shape index (κ3) is 11.4. The molecule has 0 amide bonds. The van der Waals surface area contributed by atoms with Gasteiger partial charge in [0.2, 0.25) is 0 Å². The van der Waals surface area contributed by atoms with Gasteiger partial charge in [-0.05, 0) is 17.0 Å². The van der Waals surface area contributed by atoms with Gasteiger partial charge >= 0.3 is 41.9 Å². The van der Waals surface area contributed by atoms with Gasteiger partial charge in [0.15, 0.2) is 0 Å². The maximum Gasteiger partial charge on any atom is 0.0775 e. The third-order valence-corrected chi connectivity index (χ3v) is 12.9. The predicted molar refractivity (Wildman–Crippen MR) is 217 cm³/mol. The van der Waals surface area contributed by atoms with Crippen LogP contribution in [0.4, 0.5) is 0 Å². The molecule has 0 nitrogen and oxygen atoms in total. The molecule has 0 heterocycles. The number of hydrogen-bond acceptors (Lipinski definition) is 0. The van der Waals surface area contributed by atoms with Gasteiger partial charge in [-0.1, -0.05) is 149 Å². The molecular weight excluding hydrogens is 763 g/mol. The van der Waals surface area contributed by atoms with Crippen molar-refractivity contribution in [3.05, 3.63) is 120 Å². The van der Waals surface area contributed by atoms with Crippen molar-refractivity contribution in [1.29, 1.82) is 0 Å². The first kappa shape index (κ1) is 43.4. The zero-order valence-corrected chi connectivity index (χ0v) is 38.6. The molecule has 0 aromatic heterocycles. The molecule has 0 fully saturated rings. The van der Waals surface area contributed by atoms with E-state index in [4.69, 9.17) is 0 Å². The fourth-order valence-corrected chi connectivity index (χ4v) is 8.32. The van der Waals surface area contributed by atoms with Gasteiger partial charge in [0.25, 0.3) is 0 Å². The van der Waals surface area contributed by atoms with Crippen molar-refractivity contribution in [2.24, 2.45) is 0 Å². The van der Waals surface area contributed by atoms with E-state index in [-0.39, 0.29) is 30.2 Å². The Morgan fingerprint density at radius 3 is 1.53 bits per heavy atom. The SMILES string of the molecule is CC(C)c1cc2c(-c3ccc([Si](C)(C)C)cc3)cccc2[cH-]1.C[Si](C)=[Zr+2].Cc1cc2c(-c3ccc([Si](C)(C)C)cc3)ccc(C)c2[cH-]1.[Cl-].[Cl-]. The molecule has 0 aliphatic heterocycles. The van der Waals surface area contributed by atoms with Gasteiger partial charge in [-0.2, -0.15) is 12.1 Å². The molecule has 0 aliphatic rings. The van der Waals surface area contributed by atoms with Crippen LogP contribution < -0.4 is 35.2 Å². The largest absolute Gasteiger partial charge is 1.00 e. The minimum Gasteiger partial charge on any atom is -1.00 e. The smallest absolute Gasteiger partial charge is 0.0775 e. The van der Waals surface area contributed by atoms with E-state index in [0.29, 0.717) is 5.92 Å². The van der Waals surface area contributed by atoms with E-state index in [1.165, 1.54) is 70.9 Å². The second-order valence-electron chi connectivity index (χ2n) is 15.7. The zero-order chi connectivity index (χ0) is 34.7. The van der Waals surface area contributed by atoms with Crippen LogP contribution in [-0.2, 0) is 23.3 Å². The normalized spacial score (nSPS) is 11.2. The van der Waals surface area contributed by atoms with E-state index >= 15 is 0 Å². The summed E-state index contributed by atoms with van der Waals surface area (Å²) in [5.41, 5.74) is 9.71. The van der Waals surface area contributed by atoms with Crippen molar-refractivity contribution in [3.63, 3.8) is 0 Å².